The molecule has 4 N–H and O–H groups in total. The molecule has 0 fully saturated rings. The Kier molecular flexibility index (Phi) is 1.73. The molecule has 10 heavy (non-hydrogen) atoms. The fourth-order valence-corrected chi connectivity index (χ4v) is 0.616. The average Bonchev–Trinajstić information content (AvgIpc) is 2.36. The van der Waals surface area contributed by atoms with Gasteiger partial charge in [0, 0.05) is 5.56 Å². The first-order valence-corrected chi connectivity index (χ1v) is 2.79. The Morgan fingerprint density at radius 2 is 2.40 bits per heavy atom. The van der Waals surface area contributed by atoms with Crippen LogP contribution in [0, 0.1) is 0 Å². The Labute approximate surface area is 57.8 Å². The van der Waals surface area contributed by atoms with Crippen molar-refractivity contribution in [2.45, 2.75) is 6.04 Å². The minimum atomic E-state index is -0.751. The van der Waals surface area contributed by atoms with Gasteiger partial charge in [0.1, 0.15) is 6.04 Å². The highest BCUT2D eigenvalue weighted by Crippen LogP contribution is 2.08. The highest BCUT2D eigenvalue weighted by Gasteiger charge is 2.11. The van der Waals surface area contributed by atoms with Crippen molar-refractivity contribution in [2.24, 2.45) is 11.5 Å². The SMILES string of the molecule is NC(=O)C(N)c1ccoc1. The number of hydrogen-bond donors (Lipinski definition) is 2. The Hall–Kier alpha value is -1.29. The van der Waals surface area contributed by atoms with Crippen molar-refractivity contribution in [3.05, 3.63) is 24.2 Å². The Balaban J connectivity index is 2.77. The minimum absolute atomic E-state index is 0.554. The molecule has 4 heteroatoms. The van der Waals surface area contributed by atoms with E-state index < -0.39 is 11.9 Å². The standard InChI is InChI=1S/C6H8N2O2/c7-5(6(8)9)4-1-2-10-3-4/h1-3,5H,7H2,(H2,8,9). The molecule has 1 heterocycles. The van der Waals surface area contributed by atoms with E-state index in [4.69, 9.17) is 15.9 Å². The van der Waals surface area contributed by atoms with Crippen LogP contribution in [-0.4, -0.2) is 5.91 Å². The molecule has 54 valence electrons. The molecule has 1 atom stereocenters. The molecule has 0 saturated heterocycles. The highest BCUT2D eigenvalue weighted by atomic mass is 16.3. The van der Waals surface area contributed by atoms with Crippen LogP contribution in [-0.2, 0) is 4.79 Å². The van der Waals surface area contributed by atoms with E-state index in [-0.39, 0.29) is 0 Å². The van der Waals surface area contributed by atoms with Gasteiger partial charge in [-0.25, -0.2) is 0 Å². The lowest BCUT2D eigenvalue weighted by atomic mass is 10.1. The molecule has 0 aliphatic carbocycles. The summed E-state index contributed by atoms with van der Waals surface area (Å²) in [7, 11) is 0. The van der Waals surface area contributed by atoms with E-state index >= 15 is 0 Å². The van der Waals surface area contributed by atoms with E-state index in [9.17, 15) is 4.79 Å². The van der Waals surface area contributed by atoms with Crippen LogP contribution in [0.4, 0.5) is 0 Å². The normalized spacial score (nSPS) is 12.9. The molecule has 1 rings (SSSR count). The maximum absolute atomic E-state index is 10.5. The first-order valence-electron chi connectivity index (χ1n) is 2.79. The van der Waals surface area contributed by atoms with Crippen molar-refractivity contribution < 1.29 is 9.21 Å². The summed E-state index contributed by atoms with van der Waals surface area (Å²) in [6, 6.07) is 0.855. The van der Waals surface area contributed by atoms with Crippen molar-refractivity contribution in [3.63, 3.8) is 0 Å². The summed E-state index contributed by atoms with van der Waals surface area (Å²) < 4.78 is 4.70. The third kappa shape index (κ3) is 1.16. The van der Waals surface area contributed by atoms with Crippen LogP contribution >= 0.6 is 0 Å². The van der Waals surface area contributed by atoms with Gasteiger partial charge < -0.3 is 15.9 Å². The Bertz CT molecular complexity index is 218. The molecule has 1 unspecified atom stereocenters. The second kappa shape index (κ2) is 2.53. The first kappa shape index (κ1) is 6.82. The molecule has 0 radical (unpaired) electrons. The Morgan fingerprint density at radius 3 is 2.80 bits per heavy atom. The van der Waals surface area contributed by atoms with Crippen molar-refractivity contribution in [3.8, 4) is 0 Å². The molecule has 0 bridgehead atoms. The molecular weight excluding hydrogens is 132 g/mol. The molecule has 0 aliphatic heterocycles. The quantitative estimate of drug-likeness (QED) is 0.595. The van der Waals surface area contributed by atoms with Gasteiger partial charge in [0.2, 0.25) is 5.91 Å². The average molecular weight is 140 g/mol. The van der Waals surface area contributed by atoms with Crippen LogP contribution in [0.5, 0.6) is 0 Å². The smallest absolute Gasteiger partial charge is 0.239 e. The summed E-state index contributed by atoms with van der Waals surface area (Å²) >= 11 is 0. The van der Waals surface area contributed by atoms with E-state index in [0.717, 1.165) is 0 Å². The van der Waals surface area contributed by atoms with Crippen LogP contribution < -0.4 is 11.5 Å². The maximum atomic E-state index is 10.5. The van der Waals surface area contributed by atoms with Crippen molar-refractivity contribution in [1.82, 2.24) is 0 Å². The summed E-state index contributed by atoms with van der Waals surface area (Å²) in [5.74, 6) is -0.554. The zero-order valence-corrected chi connectivity index (χ0v) is 5.28. The number of furan rings is 1. The summed E-state index contributed by atoms with van der Waals surface area (Å²) in [6.07, 6.45) is 2.84. The van der Waals surface area contributed by atoms with Crippen LogP contribution in [0.3, 0.4) is 0 Å². The van der Waals surface area contributed by atoms with Gasteiger partial charge in [-0.15, -0.1) is 0 Å². The van der Waals surface area contributed by atoms with Crippen molar-refractivity contribution in [1.29, 1.82) is 0 Å². The number of carbonyl (C=O) groups is 1. The fraction of sp³-hybridized carbons (Fsp3) is 0.167. The molecule has 4 nitrogen and oxygen atoms in total. The van der Waals surface area contributed by atoms with E-state index in [1.54, 1.807) is 6.07 Å². The summed E-state index contributed by atoms with van der Waals surface area (Å²) in [5, 5.41) is 0. The van der Waals surface area contributed by atoms with Crippen molar-refractivity contribution >= 4 is 5.91 Å². The second-order valence-electron chi connectivity index (χ2n) is 1.94. The number of rotatable bonds is 2. The minimum Gasteiger partial charge on any atom is -0.472 e. The predicted octanol–water partition coefficient (Wildman–Crippen LogP) is -0.235. The second-order valence-corrected chi connectivity index (χ2v) is 1.94. The van der Waals surface area contributed by atoms with E-state index in [0.29, 0.717) is 5.56 Å². The van der Waals surface area contributed by atoms with Gasteiger partial charge in [-0.2, -0.15) is 0 Å². The van der Waals surface area contributed by atoms with Gasteiger partial charge in [-0.05, 0) is 6.07 Å². The van der Waals surface area contributed by atoms with Gasteiger partial charge in [0.15, 0.2) is 0 Å². The number of nitrogens with two attached hydrogens (primary N) is 2. The molecule has 0 saturated carbocycles. The monoisotopic (exact) mass is 140 g/mol. The lowest BCUT2D eigenvalue weighted by molar-refractivity contribution is -0.119. The summed E-state index contributed by atoms with van der Waals surface area (Å²) in [5.41, 5.74) is 10.9. The summed E-state index contributed by atoms with van der Waals surface area (Å²) in [4.78, 5) is 10.5. The fourth-order valence-electron chi connectivity index (χ4n) is 0.616. The molecule has 0 aliphatic rings. The number of hydrogen-bond acceptors (Lipinski definition) is 3. The predicted molar refractivity (Wildman–Crippen MR) is 34.8 cm³/mol. The molecule has 1 amide bonds. The van der Waals surface area contributed by atoms with Gasteiger partial charge in [-0.3, -0.25) is 4.79 Å². The van der Waals surface area contributed by atoms with Crippen LogP contribution in [0.1, 0.15) is 11.6 Å². The first-order chi connectivity index (χ1) is 4.72. The number of primary amides is 1. The topological polar surface area (TPSA) is 82.2 Å². The van der Waals surface area contributed by atoms with Gasteiger partial charge >= 0.3 is 0 Å². The lowest BCUT2D eigenvalue weighted by Gasteiger charge is -2.01. The van der Waals surface area contributed by atoms with Crippen molar-refractivity contribution in [2.75, 3.05) is 0 Å². The molecular formula is C6H8N2O2. The summed E-state index contributed by atoms with van der Waals surface area (Å²) in [6.45, 7) is 0. The van der Waals surface area contributed by atoms with E-state index in [1.165, 1.54) is 12.5 Å². The van der Waals surface area contributed by atoms with E-state index in [2.05, 4.69) is 0 Å². The largest absolute Gasteiger partial charge is 0.472 e. The molecule has 1 aromatic rings. The van der Waals surface area contributed by atoms with Crippen LogP contribution in [0.15, 0.2) is 23.0 Å². The zero-order chi connectivity index (χ0) is 7.56. The Morgan fingerprint density at radius 1 is 1.70 bits per heavy atom. The lowest BCUT2D eigenvalue weighted by Crippen LogP contribution is -2.27. The molecule has 0 spiro atoms. The maximum Gasteiger partial charge on any atom is 0.239 e. The van der Waals surface area contributed by atoms with Gasteiger partial charge in [0.25, 0.3) is 0 Å². The van der Waals surface area contributed by atoms with Crippen LogP contribution in [0.2, 0.25) is 0 Å². The van der Waals surface area contributed by atoms with Gasteiger partial charge in [0.05, 0.1) is 12.5 Å². The molecule has 1 aromatic heterocycles. The van der Waals surface area contributed by atoms with Crippen LogP contribution in [0.25, 0.3) is 0 Å². The number of amides is 1. The zero-order valence-electron chi connectivity index (χ0n) is 5.28. The third-order valence-electron chi connectivity index (χ3n) is 1.21. The van der Waals surface area contributed by atoms with Gasteiger partial charge in [-0.1, -0.05) is 0 Å². The number of carbonyl (C=O) groups excluding carboxylic acids is 1. The third-order valence-corrected chi connectivity index (χ3v) is 1.21. The highest BCUT2D eigenvalue weighted by molar-refractivity contribution is 5.80. The van der Waals surface area contributed by atoms with E-state index in [1.807, 2.05) is 0 Å². The molecule has 0 aromatic carbocycles.